The molecule has 3 heterocycles. The van der Waals surface area contributed by atoms with Gasteiger partial charge in [-0.25, -0.2) is 9.67 Å². The van der Waals surface area contributed by atoms with Gasteiger partial charge >= 0.3 is 0 Å². The summed E-state index contributed by atoms with van der Waals surface area (Å²) in [7, 11) is 0. The van der Waals surface area contributed by atoms with Gasteiger partial charge < -0.3 is 9.88 Å². The standard InChI is InChI=1S/C17H16N6O2/c1-11-16-20-15(12-5-3-2-4-6-12)21-23(16)8-7-22(11)17(25)13-9-18-10-14(24)19-13/h2-6,9-11H,7-8H2,1H3,(H,19,24)/t11-/m0/s1. The highest BCUT2D eigenvalue weighted by molar-refractivity contribution is 5.92. The molecule has 0 saturated heterocycles. The van der Waals surface area contributed by atoms with E-state index in [9.17, 15) is 9.59 Å². The van der Waals surface area contributed by atoms with E-state index in [-0.39, 0.29) is 17.6 Å². The second-order valence-corrected chi connectivity index (χ2v) is 5.87. The Morgan fingerprint density at radius 1 is 1.20 bits per heavy atom. The number of H-pyrrole nitrogens is 1. The van der Waals surface area contributed by atoms with E-state index < -0.39 is 5.56 Å². The van der Waals surface area contributed by atoms with Crippen molar-refractivity contribution in [2.24, 2.45) is 0 Å². The number of aromatic amines is 1. The lowest BCUT2D eigenvalue weighted by molar-refractivity contribution is 0.0624. The number of carbonyl (C=O) groups is 1. The summed E-state index contributed by atoms with van der Waals surface area (Å²) in [5.74, 6) is 1.10. The van der Waals surface area contributed by atoms with Gasteiger partial charge in [0.15, 0.2) is 5.82 Å². The summed E-state index contributed by atoms with van der Waals surface area (Å²) >= 11 is 0. The van der Waals surface area contributed by atoms with E-state index in [0.29, 0.717) is 18.9 Å². The summed E-state index contributed by atoms with van der Waals surface area (Å²) in [6.07, 6.45) is 2.50. The molecule has 8 nitrogen and oxygen atoms in total. The number of hydrogen-bond donors (Lipinski definition) is 1. The molecular weight excluding hydrogens is 320 g/mol. The fourth-order valence-electron chi connectivity index (χ4n) is 2.99. The molecule has 0 radical (unpaired) electrons. The molecule has 1 N–H and O–H groups in total. The van der Waals surface area contributed by atoms with Gasteiger partial charge in [0, 0.05) is 12.1 Å². The molecule has 0 saturated carbocycles. The number of nitrogens with one attached hydrogen (secondary N) is 1. The molecule has 3 aromatic rings. The van der Waals surface area contributed by atoms with Crippen molar-refractivity contribution in [3.8, 4) is 11.4 Å². The smallest absolute Gasteiger partial charge is 0.272 e. The van der Waals surface area contributed by atoms with Crippen molar-refractivity contribution in [2.75, 3.05) is 6.54 Å². The Morgan fingerprint density at radius 2 is 2.00 bits per heavy atom. The van der Waals surface area contributed by atoms with Crippen LogP contribution in [0.25, 0.3) is 11.4 Å². The van der Waals surface area contributed by atoms with Gasteiger partial charge in [0.2, 0.25) is 0 Å². The maximum absolute atomic E-state index is 12.7. The predicted molar refractivity (Wildman–Crippen MR) is 89.8 cm³/mol. The number of benzene rings is 1. The van der Waals surface area contributed by atoms with Crippen molar-refractivity contribution < 1.29 is 4.79 Å². The van der Waals surface area contributed by atoms with Crippen molar-refractivity contribution in [1.29, 1.82) is 0 Å². The van der Waals surface area contributed by atoms with E-state index in [4.69, 9.17) is 0 Å². The van der Waals surface area contributed by atoms with E-state index in [1.54, 1.807) is 4.90 Å². The second-order valence-electron chi connectivity index (χ2n) is 5.87. The average molecular weight is 336 g/mol. The number of carbonyl (C=O) groups excluding carboxylic acids is 1. The number of aromatic nitrogens is 5. The fourth-order valence-corrected chi connectivity index (χ4v) is 2.99. The van der Waals surface area contributed by atoms with Crippen LogP contribution in [0.2, 0.25) is 0 Å². The highest BCUT2D eigenvalue weighted by Gasteiger charge is 2.31. The van der Waals surface area contributed by atoms with Crippen LogP contribution in [0.3, 0.4) is 0 Å². The van der Waals surface area contributed by atoms with Crippen molar-refractivity contribution in [3.63, 3.8) is 0 Å². The van der Waals surface area contributed by atoms with Crippen molar-refractivity contribution in [1.82, 2.24) is 29.6 Å². The minimum Gasteiger partial charge on any atom is -0.326 e. The summed E-state index contributed by atoms with van der Waals surface area (Å²) in [5, 5.41) is 4.55. The van der Waals surface area contributed by atoms with Crippen LogP contribution in [0.1, 0.15) is 29.3 Å². The third-order valence-corrected chi connectivity index (χ3v) is 4.27. The first-order valence-electron chi connectivity index (χ1n) is 7.99. The highest BCUT2D eigenvalue weighted by Crippen LogP contribution is 2.27. The lowest BCUT2D eigenvalue weighted by Gasteiger charge is -2.32. The molecule has 0 spiro atoms. The van der Waals surface area contributed by atoms with E-state index >= 15 is 0 Å². The first kappa shape index (κ1) is 15.3. The zero-order valence-corrected chi connectivity index (χ0v) is 13.6. The van der Waals surface area contributed by atoms with Crippen LogP contribution in [-0.2, 0) is 6.54 Å². The first-order valence-corrected chi connectivity index (χ1v) is 7.99. The number of hydrogen-bond acceptors (Lipinski definition) is 5. The van der Waals surface area contributed by atoms with Crippen molar-refractivity contribution in [3.05, 3.63) is 64.6 Å². The summed E-state index contributed by atoms with van der Waals surface area (Å²) in [4.78, 5) is 36.7. The van der Waals surface area contributed by atoms with Gasteiger partial charge in [0.05, 0.1) is 25.0 Å². The molecule has 2 aromatic heterocycles. The van der Waals surface area contributed by atoms with E-state index in [2.05, 4.69) is 20.1 Å². The Kier molecular flexibility index (Phi) is 3.64. The maximum atomic E-state index is 12.7. The Labute approximate surface area is 143 Å². The van der Waals surface area contributed by atoms with Gasteiger partial charge in [-0.2, -0.15) is 5.10 Å². The fraction of sp³-hybridized carbons (Fsp3) is 0.235. The normalized spacial score (nSPS) is 16.5. The molecule has 0 bridgehead atoms. The predicted octanol–water partition coefficient (Wildman–Crippen LogP) is 1.25. The van der Waals surface area contributed by atoms with Crippen molar-refractivity contribution in [2.45, 2.75) is 19.5 Å². The summed E-state index contributed by atoms with van der Waals surface area (Å²) < 4.78 is 1.84. The molecule has 0 unspecified atom stereocenters. The molecule has 1 amide bonds. The van der Waals surface area contributed by atoms with E-state index in [1.165, 1.54) is 6.20 Å². The Morgan fingerprint density at radius 3 is 2.76 bits per heavy atom. The Hall–Kier alpha value is -3.29. The quantitative estimate of drug-likeness (QED) is 0.759. The molecule has 1 aromatic carbocycles. The molecule has 1 atom stereocenters. The molecule has 0 aliphatic carbocycles. The van der Waals surface area contributed by atoms with Crippen LogP contribution >= 0.6 is 0 Å². The third-order valence-electron chi connectivity index (χ3n) is 4.27. The van der Waals surface area contributed by atoms with Gasteiger partial charge in [-0.3, -0.25) is 14.6 Å². The monoisotopic (exact) mass is 336 g/mol. The van der Waals surface area contributed by atoms with Gasteiger partial charge in [0.1, 0.15) is 11.5 Å². The summed E-state index contributed by atoms with van der Waals surface area (Å²) in [6.45, 7) is 2.94. The van der Waals surface area contributed by atoms with Gasteiger partial charge in [-0.15, -0.1) is 0 Å². The minimum atomic E-state index is -0.398. The minimum absolute atomic E-state index is 0.176. The topological polar surface area (TPSA) is 96.8 Å². The SMILES string of the molecule is C[C@H]1c2nc(-c3ccccc3)nn2CCN1C(=O)c1cncc(=O)[nH]1. The highest BCUT2D eigenvalue weighted by atomic mass is 16.2. The Bertz CT molecular complexity index is 978. The van der Waals surface area contributed by atoms with Crippen LogP contribution in [0, 0.1) is 0 Å². The number of amides is 1. The molecule has 0 fully saturated rings. The largest absolute Gasteiger partial charge is 0.326 e. The van der Waals surface area contributed by atoms with Gasteiger partial charge in [-0.1, -0.05) is 30.3 Å². The second kappa shape index (κ2) is 5.97. The van der Waals surface area contributed by atoms with E-state index in [1.807, 2.05) is 41.9 Å². The number of fused-ring (bicyclic) bond motifs is 1. The lowest BCUT2D eigenvalue weighted by Crippen LogP contribution is -2.42. The number of rotatable bonds is 2. The molecule has 1 aliphatic rings. The lowest BCUT2D eigenvalue weighted by atomic mass is 10.2. The first-order chi connectivity index (χ1) is 12.1. The molecule has 25 heavy (non-hydrogen) atoms. The van der Waals surface area contributed by atoms with Crippen LogP contribution in [-0.4, -0.2) is 42.1 Å². The molecule has 126 valence electrons. The van der Waals surface area contributed by atoms with E-state index in [0.717, 1.165) is 17.6 Å². The van der Waals surface area contributed by atoms with Crippen LogP contribution in [0.4, 0.5) is 0 Å². The Balaban J connectivity index is 1.65. The zero-order chi connectivity index (χ0) is 17.4. The van der Waals surface area contributed by atoms with Crippen LogP contribution in [0.15, 0.2) is 47.5 Å². The van der Waals surface area contributed by atoms with Crippen LogP contribution < -0.4 is 5.56 Å². The molecule has 4 rings (SSSR count). The van der Waals surface area contributed by atoms with Gasteiger partial charge in [0.25, 0.3) is 11.5 Å². The third kappa shape index (κ3) is 2.71. The molecule has 8 heteroatoms. The van der Waals surface area contributed by atoms with Gasteiger partial charge in [-0.05, 0) is 6.92 Å². The summed E-state index contributed by atoms with van der Waals surface area (Å²) in [5.41, 5.74) is 0.715. The number of nitrogens with zero attached hydrogens (tertiary/aromatic N) is 5. The summed E-state index contributed by atoms with van der Waals surface area (Å²) in [6, 6.07) is 9.47. The van der Waals surface area contributed by atoms with Crippen LogP contribution in [0.5, 0.6) is 0 Å². The van der Waals surface area contributed by atoms with Crippen molar-refractivity contribution >= 4 is 5.91 Å². The maximum Gasteiger partial charge on any atom is 0.272 e. The average Bonchev–Trinajstić information content (AvgIpc) is 3.08. The molecule has 1 aliphatic heterocycles. The zero-order valence-electron chi connectivity index (χ0n) is 13.6. The molecular formula is C17H16N6O2.